The Morgan fingerprint density at radius 1 is 1.22 bits per heavy atom. The Kier molecular flexibility index (Phi) is 4.80. The van der Waals surface area contributed by atoms with E-state index < -0.39 is 18.2 Å². The highest BCUT2D eigenvalue weighted by molar-refractivity contribution is 5.77. The lowest BCUT2D eigenvalue weighted by Crippen LogP contribution is -2.52. The van der Waals surface area contributed by atoms with Gasteiger partial charge in [0.2, 0.25) is 0 Å². The molecule has 2 aliphatic rings. The van der Waals surface area contributed by atoms with Gasteiger partial charge < -0.3 is 19.1 Å². The SMILES string of the molecule is OC1(Cn2cnc3ccc(OC4CCC(CC(F)(F)F)CC4)cc32)COC1. The maximum atomic E-state index is 12.5. The summed E-state index contributed by atoms with van der Waals surface area (Å²) in [6.45, 7) is 1.02. The van der Waals surface area contributed by atoms with Crippen LogP contribution in [0.4, 0.5) is 13.2 Å². The lowest BCUT2D eigenvalue weighted by atomic mass is 9.85. The van der Waals surface area contributed by atoms with Crippen molar-refractivity contribution in [1.29, 1.82) is 0 Å². The van der Waals surface area contributed by atoms with Crippen molar-refractivity contribution in [2.75, 3.05) is 13.2 Å². The van der Waals surface area contributed by atoms with E-state index in [9.17, 15) is 18.3 Å². The molecule has 2 fully saturated rings. The number of ether oxygens (including phenoxy) is 2. The van der Waals surface area contributed by atoms with Crippen molar-refractivity contribution in [3.8, 4) is 5.75 Å². The summed E-state index contributed by atoms with van der Waals surface area (Å²) >= 11 is 0. The fourth-order valence-electron chi connectivity index (χ4n) is 3.96. The molecule has 1 aliphatic heterocycles. The van der Waals surface area contributed by atoms with Crippen LogP contribution in [0.3, 0.4) is 0 Å². The number of benzene rings is 1. The molecule has 27 heavy (non-hydrogen) atoms. The molecule has 148 valence electrons. The van der Waals surface area contributed by atoms with Gasteiger partial charge in [0.25, 0.3) is 0 Å². The monoisotopic (exact) mass is 384 g/mol. The Morgan fingerprint density at radius 3 is 2.59 bits per heavy atom. The molecule has 0 bridgehead atoms. The highest BCUT2D eigenvalue weighted by Crippen LogP contribution is 2.35. The van der Waals surface area contributed by atoms with E-state index in [-0.39, 0.29) is 12.0 Å². The minimum absolute atomic E-state index is 0.0625. The van der Waals surface area contributed by atoms with E-state index in [1.54, 1.807) is 6.33 Å². The summed E-state index contributed by atoms with van der Waals surface area (Å²) in [5.41, 5.74) is 0.806. The molecule has 2 aromatic rings. The van der Waals surface area contributed by atoms with Crippen molar-refractivity contribution in [2.45, 2.75) is 56.5 Å². The fraction of sp³-hybridized carbons (Fsp3) is 0.632. The van der Waals surface area contributed by atoms with Crippen molar-refractivity contribution < 1.29 is 27.8 Å². The predicted octanol–water partition coefficient (Wildman–Crippen LogP) is 3.69. The molecule has 1 aromatic carbocycles. The van der Waals surface area contributed by atoms with Crippen molar-refractivity contribution in [3.63, 3.8) is 0 Å². The van der Waals surface area contributed by atoms with E-state index in [1.165, 1.54) is 0 Å². The van der Waals surface area contributed by atoms with E-state index in [1.807, 2.05) is 22.8 Å². The van der Waals surface area contributed by atoms with Crippen LogP contribution in [0.15, 0.2) is 24.5 Å². The lowest BCUT2D eigenvalue weighted by molar-refractivity contribution is -0.184. The number of alkyl halides is 3. The van der Waals surface area contributed by atoms with E-state index >= 15 is 0 Å². The predicted molar refractivity (Wildman–Crippen MR) is 92.5 cm³/mol. The van der Waals surface area contributed by atoms with Crippen LogP contribution in [0, 0.1) is 5.92 Å². The van der Waals surface area contributed by atoms with Crippen molar-refractivity contribution in [1.82, 2.24) is 9.55 Å². The second-order valence-electron chi connectivity index (χ2n) is 7.82. The number of rotatable bonds is 5. The summed E-state index contributed by atoms with van der Waals surface area (Å²) in [7, 11) is 0. The van der Waals surface area contributed by atoms with Gasteiger partial charge in [-0.05, 0) is 43.7 Å². The quantitative estimate of drug-likeness (QED) is 0.854. The van der Waals surface area contributed by atoms with Gasteiger partial charge in [0, 0.05) is 12.5 Å². The minimum atomic E-state index is -4.09. The molecule has 2 heterocycles. The molecule has 4 rings (SSSR count). The van der Waals surface area contributed by atoms with Crippen molar-refractivity contribution in [2.24, 2.45) is 5.92 Å². The van der Waals surface area contributed by atoms with Gasteiger partial charge in [0.05, 0.1) is 43.2 Å². The van der Waals surface area contributed by atoms with Crippen LogP contribution in [0.5, 0.6) is 5.75 Å². The van der Waals surface area contributed by atoms with E-state index in [0.717, 1.165) is 11.0 Å². The van der Waals surface area contributed by atoms with Gasteiger partial charge in [0.1, 0.15) is 11.4 Å². The van der Waals surface area contributed by atoms with Crippen LogP contribution < -0.4 is 4.74 Å². The molecule has 0 unspecified atom stereocenters. The maximum Gasteiger partial charge on any atom is 0.389 e. The molecule has 0 radical (unpaired) electrons. The number of fused-ring (bicyclic) bond motifs is 1. The van der Waals surface area contributed by atoms with E-state index in [0.29, 0.717) is 51.2 Å². The molecule has 5 nitrogen and oxygen atoms in total. The molecular formula is C19H23F3N2O3. The van der Waals surface area contributed by atoms with Crippen LogP contribution in [0.25, 0.3) is 11.0 Å². The molecule has 8 heteroatoms. The number of hydrogen-bond acceptors (Lipinski definition) is 4. The summed E-state index contributed by atoms with van der Waals surface area (Å²) in [5.74, 6) is 0.388. The molecule has 1 N–H and O–H groups in total. The number of hydrogen-bond donors (Lipinski definition) is 1. The second-order valence-corrected chi connectivity index (χ2v) is 7.82. The summed E-state index contributed by atoms with van der Waals surface area (Å²) in [6.07, 6.45) is -0.812. The summed E-state index contributed by atoms with van der Waals surface area (Å²) < 4.78 is 50.6. The summed E-state index contributed by atoms with van der Waals surface area (Å²) in [4.78, 5) is 4.34. The number of aromatic nitrogens is 2. The first kappa shape index (κ1) is 18.6. The van der Waals surface area contributed by atoms with Crippen molar-refractivity contribution >= 4 is 11.0 Å². The average molecular weight is 384 g/mol. The third kappa shape index (κ3) is 4.38. The molecule has 1 saturated heterocycles. The zero-order chi connectivity index (χ0) is 19.1. The fourth-order valence-corrected chi connectivity index (χ4v) is 3.96. The Bertz CT molecular complexity index is 793. The van der Waals surface area contributed by atoms with Gasteiger partial charge in [0.15, 0.2) is 0 Å². The zero-order valence-corrected chi connectivity index (χ0v) is 14.9. The zero-order valence-electron chi connectivity index (χ0n) is 14.9. The van der Waals surface area contributed by atoms with Crippen molar-refractivity contribution in [3.05, 3.63) is 24.5 Å². The standard InChI is InChI=1S/C19H23F3N2O3/c20-19(21,22)8-13-1-3-14(4-2-13)27-15-5-6-16-17(7-15)24(12-23-16)9-18(25)10-26-11-18/h5-7,12-14,25H,1-4,8-11H2. The summed E-state index contributed by atoms with van der Waals surface area (Å²) in [6, 6.07) is 5.58. The minimum Gasteiger partial charge on any atom is -0.490 e. The number of nitrogens with zero attached hydrogens (tertiary/aromatic N) is 2. The van der Waals surface area contributed by atoms with Crippen LogP contribution >= 0.6 is 0 Å². The number of aliphatic hydroxyl groups is 1. The molecule has 1 aliphatic carbocycles. The molecule has 1 saturated carbocycles. The van der Waals surface area contributed by atoms with E-state index in [2.05, 4.69) is 4.98 Å². The third-order valence-corrected chi connectivity index (χ3v) is 5.42. The van der Waals surface area contributed by atoms with E-state index in [4.69, 9.17) is 9.47 Å². The smallest absolute Gasteiger partial charge is 0.389 e. The largest absolute Gasteiger partial charge is 0.490 e. The Labute approximate surface area is 155 Å². The highest BCUT2D eigenvalue weighted by atomic mass is 19.4. The number of imidazole rings is 1. The summed E-state index contributed by atoms with van der Waals surface area (Å²) in [5, 5.41) is 10.3. The van der Waals surface area contributed by atoms with Crippen LogP contribution in [-0.2, 0) is 11.3 Å². The van der Waals surface area contributed by atoms with Gasteiger partial charge in [-0.15, -0.1) is 0 Å². The molecule has 0 atom stereocenters. The van der Waals surface area contributed by atoms with Crippen LogP contribution in [0.1, 0.15) is 32.1 Å². The maximum absolute atomic E-state index is 12.5. The molecule has 0 amide bonds. The normalized spacial score (nSPS) is 25.3. The van der Waals surface area contributed by atoms with Gasteiger partial charge in [-0.1, -0.05) is 0 Å². The highest BCUT2D eigenvalue weighted by Gasteiger charge is 2.37. The topological polar surface area (TPSA) is 56.5 Å². The molecule has 1 aromatic heterocycles. The first-order valence-electron chi connectivity index (χ1n) is 9.28. The van der Waals surface area contributed by atoms with Crippen LogP contribution in [-0.4, -0.2) is 45.8 Å². The third-order valence-electron chi connectivity index (χ3n) is 5.42. The average Bonchev–Trinajstić information content (AvgIpc) is 2.96. The van der Waals surface area contributed by atoms with Gasteiger partial charge in [-0.2, -0.15) is 13.2 Å². The van der Waals surface area contributed by atoms with Gasteiger partial charge in [-0.3, -0.25) is 0 Å². The first-order chi connectivity index (χ1) is 12.8. The molecular weight excluding hydrogens is 361 g/mol. The Balaban J connectivity index is 1.39. The molecule has 0 spiro atoms. The Hall–Kier alpha value is -1.80. The lowest BCUT2D eigenvalue weighted by Gasteiger charge is -2.36. The number of halogens is 3. The van der Waals surface area contributed by atoms with Crippen LogP contribution in [0.2, 0.25) is 0 Å². The van der Waals surface area contributed by atoms with Gasteiger partial charge >= 0.3 is 6.18 Å². The second kappa shape index (κ2) is 6.98. The first-order valence-corrected chi connectivity index (χ1v) is 9.28. The van der Waals surface area contributed by atoms with Gasteiger partial charge in [-0.25, -0.2) is 4.98 Å². The Morgan fingerprint density at radius 2 is 1.96 bits per heavy atom.